The Morgan fingerprint density at radius 2 is 2.10 bits per heavy atom. The highest BCUT2D eigenvalue weighted by atomic mass is 19.2. The van der Waals surface area contributed by atoms with E-state index in [1.165, 1.54) is 18.9 Å². The van der Waals surface area contributed by atoms with E-state index in [1.54, 1.807) is 7.05 Å². The van der Waals surface area contributed by atoms with E-state index in [1.807, 2.05) is 4.90 Å². The van der Waals surface area contributed by atoms with Gasteiger partial charge in [-0.25, -0.2) is 8.78 Å². The number of Topliss-reactive ketones (excluding diaryl/α,β-unsaturated/α-hetero) is 1. The van der Waals surface area contributed by atoms with Gasteiger partial charge in [-0.3, -0.25) is 9.69 Å². The maximum absolute atomic E-state index is 13.0. The summed E-state index contributed by atoms with van der Waals surface area (Å²) in [6, 6.07) is 3.22. The molecule has 0 atom stereocenters. The van der Waals surface area contributed by atoms with Crippen LogP contribution < -0.4 is 0 Å². The van der Waals surface area contributed by atoms with Crippen LogP contribution in [0.2, 0.25) is 0 Å². The molecule has 0 N–H and O–H groups in total. The number of hydrogen-bond donors (Lipinski definition) is 0. The summed E-state index contributed by atoms with van der Waals surface area (Å²) in [6.45, 7) is 2.18. The summed E-state index contributed by atoms with van der Waals surface area (Å²) in [5.41, 5.74) is 0.189. The Morgan fingerprint density at radius 3 is 2.75 bits per heavy atom. The maximum Gasteiger partial charge on any atom is 0.176 e. The molecule has 0 aliphatic heterocycles. The van der Waals surface area contributed by atoms with Crippen molar-refractivity contribution in [3.05, 3.63) is 35.4 Å². The maximum atomic E-state index is 13.0. The van der Waals surface area contributed by atoms with Crippen molar-refractivity contribution in [3.63, 3.8) is 0 Å². The molecule has 1 aliphatic rings. The number of benzene rings is 1. The van der Waals surface area contributed by atoms with Crippen molar-refractivity contribution >= 4 is 5.78 Å². The standard InChI is InChI=1S/C15H19F2NO2/c1-18(6-7-20-10-11-2-3-11)9-15(19)12-4-5-13(16)14(17)8-12/h4-5,8,11H,2-3,6-7,9-10H2,1H3. The summed E-state index contributed by atoms with van der Waals surface area (Å²) < 4.78 is 31.3. The largest absolute Gasteiger partial charge is 0.380 e. The van der Waals surface area contributed by atoms with Crippen molar-refractivity contribution in [2.75, 3.05) is 33.4 Å². The second-order valence-corrected chi connectivity index (χ2v) is 5.31. The summed E-state index contributed by atoms with van der Waals surface area (Å²) in [6.07, 6.45) is 2.51. The van der Waals surface area contributed by atoms with Gasteiger partial charge in [-0.15, -0.1) is 0 Å². The number of rotatable bonds is 8. The fourth-order valence-electron chi connectivity index (χ4n) is 1.84. The number of carbonyl (C=O) groups excluding carboxylic acids is 1. The number of ether oxygens (including phenoxy) is 1. The van der Waals surface area contributed by atoms with E-state index >= 15 is 0 Å². The molecular formula is C15H19F2NO2. The molecule has 0 aromatic heterocycles. The van der Waals surface area contributed by atoms with Crippen LogP contribution in [0.4, 0.5) is 8.78 Å². The Bertz CT molecular complexity index is 475. The van der Waals surface area contributed by atoms with Gasteiger partial charge in [-0.1, -0.05) is 0 Å². The van der Waals surface area contributed by atoms with Crippen LogP contribution in [0.5, 0.6) is 0 Å². The molecular weight excluding hydrogens is 264 g/mol. The fourth-order valence-corrected chi connectivity index (χ4v) is 1.84. The molecule has 1 fully saturated rings. The van der Waals surface area contributed by atoms with Gasteiger partial charge in [0.25, 0.3) is 0 Å². The Hall–Kier alpha value is -1.33. The van der Waals surface area contributed by atoms with Crippen molar-refractivity contribution in [3.8, 4) is 0 Å². The fraction of sp³-hybridized carbons (Fsp3) is 0.533. The molecule has 20 heavy (non-hydrogen) atoms. The van der Waals surface area contributed by atoms with Gasteiger partial charge in [0.2, 0.25) is 0 Å². The highest BCUT2D eigenvalue weighted by Crippen LogP contribution is 2.28. The van der Waals surface area contributed by atoms with E-state index in [4.69, 9.17) is 4.74 Å². The molecule has 110 valence electrons. The number of nitrogens with zero attached hydrogens (tertiary/aromatic N) is 1. The van der Waals surface area contributed by atoms with Gasteiger partial charge in [0.15, 0.2) is 17.4 Å². The summed E-state index contributed by atoms with van der Waals surface area (Å²) in [4.78, 5) is 13.7. The number of hydrogen-bond acceptors (Lipinski definition) is 3. The first kappa shape index (κ1) is 15.1. The highest BCUT2D eigenvalue weighted by Gasteiger charge is 2.21. The first-order valence-corrected chi connectivity index (χ1v) is 6.81. The predicted molar refractivity (Wildman–Crippen MR) is 71.7 cm³/mol. The van der Waals surface area contributed by atoms with Gasteiger partial charge in [0.1, 0.15) is 0 Å². The number of ketones is 1. The Balaban J connectivity index is 1.72. The van der Waals surface area contributed by atoms with E-state index in [9.17, 15) is 13.6 Å². The molecule has 1 aromatic rings. The molecule has 0 amide bonds. The predicted octanol–water partition coefficient (Wildman–Crippen LogP) is 2.51. The van der Waals surface area contributed by atoms with Crippen LogP contribution in [-0.2, 0) is 4.74 Å². The Morgan fingerprint density at radius 1 is 1.35 bits per heavy atom. The minimum Gasteiger partial charge on any atom is -0.380 e. The van der Waals surface area contributed by atoms with Crippen LogP contribution in [-0.4, -0.2) is 44.0 Å². The Kier molecular flexibility index (Phi) is 5.20. The summed E-state index contributed by atoms with van der Waals surface area (Å²) in [5, 5.41) is 0. The van der Waals surface area contributed by atoms with Crippen LogP contribution >= 0.6 is 0 Å². The van der Waals surface area contributed by atoms with Crippen molar-refractivity contribution in [1.29, 1.82) is 0 Å². The third-order valence-electron chi connectivity index (χ3n) is 3.32. The van der Waals surface area contributed by atoms with E-state index < -0.39 is 11.6 Å². The third-order valence-corrected chi connectivity index (χ3v) is 3.32. The van der Waals surface area contributed by atoms with E-state index in [2.05, 4.69) is 0 Å². The van der Waals surface area contributed by atoms with Gasteiger partial charge in [-0.2, -0.15) is 0 Å². The topological polar surface area (TPSA) is 29.5 Å². The van der Waals surface area contributed by atoms with Crippen LogP contribution in [0, 0.1) is 17.6 Å². The minimum atomic E-state index is -0.994. The number of likely N-dealkylation sites (N-methyl/N-ethyl adjacent to an activating group) is 1. The van der Waals surface area contributed by atoms with E-state index in [-0.39, 0.29) is 17.9 Å². The molecule has 0 bridgehead atoms. The zero-order valence-corrected chi connectivity index (χ0v) is 11.6. The number of carbonyl (C=O) groups is 1. The quantitative estimate of drug-likeness (QED) is 0.542. The smallest absolute Gasteiger partial charge is 0.176 e. The van der Waals surface area contributed by atoms with Gasteiger partial charge in [0, 0.05) is 18.7 Å². The molecule has 0 saturated heterocycles. The molecule has 3 nitrogen and oxygen atoms in total. The van der Waals surface area contributed by atoms with Crippen molar-refractivity contribution in [1.82, 2.24) is 4.90 Å². The normalized spacial score (nSPS) is 14.8. The molecule has 1 saturated carbocycles. The second-order valence-electron chi connectivity index (χ2n) is 5.31. The molecule has 1 aromatic carbocycles. The summed E-state index contributed by atoms with van der Waals surface area (Å²) in [5.74, 6) is -1.44. The molecule has 0 spiro atoms. The minimum absolute atomic E-state index is 0.165. The monoisotopic (exact) mass is 283 g/mol. The van der Waals surface area contributed by atoms with E-state index in [0.29, 0.717) is 13.2 Å². The summed E-state index contributed by atoms with van der Waals surface area (Å²) in [7, 11) is 1.80. The lowest BCUT2D eigenvalue weighted by Gasteiger charge is -2.15. The van der Waals surface area contributed by atoms with Crippen LogP contribution in [0.25, 0.3) is 0 Å². The number of halogens is 2. The van der Waals surface area contributed by atoms with E-state index in [0.717, 1.165) is 24.7 Å². The molecule has 0 heterocycles. The van der Waals surface area contributed by atoms with Gasteiger partial charge in [0.05, 0.1) is 13.2 Å². The molecule has 5 heteroatoms. The Labute approximate surface area is 117 Å². The molecule has 1 aliphatic carbocycles. The first-order chi connectivity index (χ1) is 9.56. The van der Waals surface area contributed by atoms with Crippen molar-refractivity contribution in [2.24, 2.45) is 5.92 Å². The van der Waals surface area contributed by atoms with Crippen LogP contribution in [0.3, 0.4) is 0 Å². The summed E-state index contributed by atoms with van der Waals surface area (Å²) >= 11 is 0. The average molecular weight is 283 g/mol. The SMILES string of the molecule is CN(CCOCC1CC1)CC(=O)c1ccc(F)c(F)c1. The first-order valence-electron chi connectivity index (χ1n) is 6.81. The van der Waals surface area contributed by atoms with Gasteiger partial charge in [-0.05, 0) is 44.0 Å². The lowest BCUT2D eigenvalue weighted by atomic mass is 10.1. The lowest BCUT2D eigenvalue weighted by Crippen LogP contribution is -2.29. The molecule has 0 radical (unpaired) electrons. The second kappa shape index (κ2) is 6.90. The zero-order chi connectivity index (χ0) is 14.5. The molecule has 0 unspecified atom stereocenters. The van der Waals surface area contributed by atoms with Crippen molar-refractivity contribution in [2.45, 2.75) is 12.8 Å². The average Bonchev–Trinajstić information content (AvgIpc) is 3.22. The lowest BCUT2D eigenvalue weighted by molar-refractivity contribution is 0.0860. The third kappa shape index (κ3) is 4.65. The van der Waals surface area contributed by atoms with Gasteiger partial charge < -0.3 is 4.74 Å². The highest BCUT2D eigenvalue weighted by molar-refractivity contribution is 5.97. The van der Waals surface area contributed by atoms with Gasteiger partial charge >= 0.3 is 0 Å². The zero-order valence-electron chi connectivity index (χ0n) is 11.6. The molecule has 2 rings (SSSR count). The van der Waals surface area contributed by atoms with Crippen LogP contribution in [0.15, 0.2) is 18.2 Å². The van der Waals surface area contributed by atoms with Crippen LogP contribution in [0.1, 0.15) is 23.2 Å². The van der Waals surface area contributed by atoms with Crippen molar-refractivity contribution < 1.29 is 18.3 Å².